The number of fused-ring (bicyclic) bond motifs is 3. The van der Waals surface area contributed by atoms with Crippen LogP contribution in [0, 0.1) is 17.8 Å². The van der Waals surface area contributed by atoms with Crippen LogP contribution in [0.4, 0.5) is 5.69 Å². The van der Waals surface area contributed by atoms with E-state index in [2.05, 4.69) is 17.2 Å². The van der Waals surface area contributed by atoms with Gasteiger partial charge in [-0.3, -0.25) is 19.3 Å². The van der Waals surface area contributed by atoms with Gasteiger partial charge in [-0.2, -0.15) is 0 Å². The van der Waals surface area contributed by atoms with Crippen molar-refractivity contribution in [2.75, 3.05) is 25.1 Å². The summed E-state index contributed by atoms with van der Waals surface area (Å²) in [4.78, 5) is 44.8. The average molecular weight is 659 g/mol. The Kier molecular flexibility index (Phi) is 8.65. The molecule has 2 fully saturated rings. The van der Waals surface area contributed by atoms with Crippen LogP contribution < -0.4 is 10.1 Å². The fourth-order valence-electron chi connectivity index (χ4n) is 7.84. The van der Waals surface area contributed by atoms with E-state index in [0.29, 0.717) is 33.7 Å². The van der Waals surface area contributed by atoms with Crippen molar-refractivity contribution < 1.29 is 39.2 Å². The van der Waals surface area contributed by atoms with Crippen molar-refractivity contribution in [2.45, 2.75) is 36.1 Å². The van der Waals surface area contributed by atoms with Gasteiger partial charge in [0.15, 0.2) is 0 Å². The molecule has 7 rings (SSSR count). The number of hydrogen-bond acceptors (Lipinski definition) is 8. The first-order chi connectivity index (χ1) is 23.9. The molecule has 4 aromatic carbocycles. The Bertz CT molecular complexity index is 1960. The largest absolute Gasteiger partial charge is 0.491 e. The molecular formula is C39H34N2O8. The van der Waals surface area contributed by atoms with Gasteiger partial charge in [-0.05, 0) is 41.0 Å². The summed E-state index contributed by atoms with van der Waals surface area (Å²) in [7, 11) is 0. The maximum absolute atomic E-state index is 14.8. The number of carbonyl (C=O) groups is 3. The van der Waals surface area contributed by atoms with E-state index in [9.17, 15) is 29.7 Å². The number of carboxylic acid groups (broad SMARTS) is 1. The SMILES string of the molecule is O=C1O[C@@H](c2ccccc2)[C@@H](c2ccccc2)N2[C@@H](c3ccccc3OCCO)[C@]3(C(=O)Nc4ccc(C#CCCO)cc43)[C@@H](C(=O)O)[C@H]12. The molecule has 6 atom stereocenters. The van der Waals surface area contributed by atoms with Gasteiger partial charge < -0.3 is 30.1 Å². The Balaban J connectivity index is 1.56. The van der Waals surface area contributed by atoms with Crippen LogP contribution >= 0.6 is 0 Å². The molecule has 0 saturated carbocycles. The minimum Gasteiger partial charge on any atom is -0.491 e. The molecule has 3 heterocycles. The van der Waals surface area contributed by atoms with Crippen LogP contribution in [-0.4, -0.2) is 63.9 Å². The summed E-state index contributed by atoms with van der Waals surface area (Å²) in [5.41, 5.74) is 1.39. The number of carboxylic acids is 1. The molecule has 4 N–H and O–H groups in total. The number of para-hydroxylation sites is 1. The van der Waals surface area contributed by atoms with E-state index >= 15 is 0 Å². The van der Waals surface area contributed by atoms with E-state index in [1.807, 2.05) is 65.6 Å². The lowest BCUT2D eigenvalue weighted by Crippen LogP contribution is -2.52. The monoisotopic (exact) mass is 658 g/mol. The van der Waals surface area contributed by atoms with Crippen molar-refractivity contribution in [1.82, 2.24) is 4.90 Å². The number of morpholine rings is 1. The normalized spacial score (nSPS) is 25.5. The highest BCUT2D eigenvalue weighted by molar-refractivity contribution is 6.11. The number of benzene rings is 4. The first-order valence-corrected chi connectivity index (χ1v) is 16.1. The zero-order valence-electron chi connectivity index (χ0n) is 26.4. The number of aliphatic hydroxyl groups is 2. The number of ether oxygens (including phenoxy) is 2. The Morgan fingerprint density at radius 3 is 2.27 bits per heavy atom. The van der Waals surface area contributed by atoms with Crippen molar-refractivity contribution in [3.63, 3.8) is 0 Å². The predicted molar refractivity (Wildman–Crippen MR) is 178 cm³/mol. The van der Waals surface area contributed by atoms with E-state index in [0.717, 1.165) is 5.56 Å². The molecule has 10 heteroatoms. The summed E-state index contributed by atoms with van der Waals surface area (Å²) in [5.74, 6) is 1.98. The molecular weight excluding hydrogens is 624 g/mol. The Hall–Kier alpha value is -5.47. The number of aliphatic hydroxyl groups excluding tert-OH is 2. The second kappa shape index (κ2) is 13.2. The topological polar surface area (TPSA) is 146 Å². The van der Waals surface area contributed by atoms with E-state index in [1.54, 1.807) is 42.5 Å². The maximum Gasteiger partial charge on any atom is 0.325 e. The van der Waals surface area contributed by atoms with Gasteiger partial charge in [-0.15, -0.1) is 0 Å². The molecule has 0 bridgehead atoms. The third-order valence-electron chi connectivity index (χ3n) is 9.61. The second-order valence-electron chi connectivity index (χ2n) is 12.2. The molecule has 10 nitrogen and oxygen atoms in total. The Morgan fingerprint density at radius 1 is 0.878 bits per heavy atom. The highest BCUT2D eigenvalue weighted by Crippen LogP contribution is 2.65. The molecule has 3 aliphatic heterocycles. The zero-order chi connectivity index (χ0) is 34.1. The maximum atomic E-state index is 14.8. The van der Waals surface area contributed by atoms with Gasteiger partial charge in [0, 0.05) is 23.2 Å². The lowest BCUT2D eigenvalue weighted by Gasteiger charge is -2.46. The number of hydrogen-bond donors (Lipinski definition) is 4. The number of nitrogens with one attached hydrogen (secondary N) is 1. The summed E-state index contributed by atoms with van der Waals surface area (Å²) in [6, 6.07) is 27.6. The van der Waals surface area contributed by atoms with Crippen LogP contribution in [0.1, 0.15) is 52.4 Å². The number of aliphatic carboxylic acids is 1. The Morgan fingerprint density at radius 2 is 1.57 bits per heavy atom. The van der Waals surface area contributed by atoms with E-state index < -0.39 is 53.4 Å². The van der Waals surface area contributed by atoms with Gasteiger partial charge >= 0.3 is 11.9 Å². The van der Waals surface area contributed by atoms with Crippen molar-refractivity contribution in [1.29, 1.82) is 0 Å². The standard InChI is InChI=1S/C39H34N2O8/c42-20-10-9-11-24-18-19-29-28(23-24)39(38(47)40-29)31(36(44)45)33-37(46)49-34(26-14-5-2-6-15-26)32(25-12-3-1-4-13-25)41(33)35(39)27-16-7-8-17-30(27)48-22-21-43/h1-8,12-19,23,31-35,42-43H,10,20-22H2,(H,40,47)(H,44,45)/t31-,32-,33-,34+,35+,39-/m1/s1. The minimum absolute atomic E-state index is 0.0489. The highest BCUT2D eigenvalue weighted by Gasteiger charge is 2.74. The third kappa shape index (κ3) is 5.23. The van der Waals surface area contributed by atoms with Gasteiger partial charge in [0.1, 0.15) is 35.8 Å². The first kappa shape index (κ1) is 32.1. The van der Waals surface area contributed by atoms with Gasteiger partial charge in [-0.1, -0.05) is 90.7 Å². The van der Waals surface area contributed by atoms with Crippen LogP contribution in [0.25, 0.3) is 0 Å². The average Bonchev–Trinajstić information content (AvgIpc) is 3.60. The van der Waals surface area contributed by atoms with Crippen molar-refractivity contribution in [3.8, 4) is 17.6 Å². The fourth-order valence-corrected chi connectivity index (χ4v) is 7.84. The molecule has 1 spiro atoms. The second-order valence-corrected chi connectivity index (χ2v) is 12.2. The van der Waals surface area contributed by atoms with Crippen molar-refractivity contribution >= 4 is 23.5 Å². The lowest BCUT2D eigenvalue weighted by molar-refractivity contribution is -0.179. The van der Waals surface area contributed by atoms with Crippen LogP contribution in [0.5, 0.6) is 5.75 Å². The zero-order valence-corrected chi connectivity index (χ0v) is 26.4. The van der Waals surface area contributed by atoms with Gasteiger partial charge in [0.05, 0.1) is 25.3 Å². The summed E-state index contributed by atoms with van der Waals surface area (Å²) >= 11 is 0. The number of carbonyl (C=O) groups excluding carboxylic acids is 2. The van der Waals surface area contributed by atoms with Gasteiger partial charge in [0.25, 0.3) is 0 Å². The van der Waals surface area contributed by atoms with E-state index in [-0.39, 0.29) is 26.2 Å². The van der Waals surface area contributed by atoms with E-state index in [4.69, 9.17) is 9.47 Å². The molecule has 1 amide bonds. The molecule has 49 heavy (non-hydrogen) atoms. The number of amides is 1. The van der Waals surface area contributed by atoms with Crippen molar-refractivity contribution in [2.24, 2.45) is 5.92 Å². The van der Waals surface area contributed by atoms with Gasteiger partial charge in [0.2, 0.25) is 5.91 Å². The van der Waals surface area contributed by atoms with Crippen LogP contribution in [0.15, 0.2) is 103 Å². The minimum atomic E-state index is -1.86. The number of cyclic esters (lactones) is 1. The third-order valence-corrected chi connectivity index (χ3v) is 9.61. The molecule has 0 aliphatic carbocycles. The first-order valence-electron chi connectivity index (χ1n) is 16.1. The smallest absolute Gasteiger partial charge is 0.325 e. The van der Waals surface area contributed by atoms with Crippen LogP contribution in [-0.2, 0) is 24.5 Å². The van der Waals surface area contributed by atoms with E-state index in [1.165, 1.54) is 0 Å². The summed E-state index contributed by atoms with van der Waals surface area (Å²) in [6.45, 7) is -0.451. The number of rotatable bonds is 8. The summed E-state index contributed by atoms with van der Waals surface area (Å²) in [6.07, 6.45) is -0.624. The van der Waals surface area contributed by atoms with Crippen LogP contribution in [0.2, 0.25) is 0 Å². The fraction of sp³-hybridized carbons (Fsp3) is 0.256. The predicted octanol–water partition coefficient (Wildman–Crippen LogP) is 4.15. The lowest BCUT2D eigenvalue weighted by atomic mass is 9.65. The molecule has 3 aliphatic rings. The Labute approximate surface area is 282 Å². The summed E-state index contributed by atoms with van der Waals surface area (Å²) in [5, 5.41) is 33.1. The van der Waals surface area contributed by atoms with Gasteiger partial charge in [-0.25, -0.2) is 0 Å². The highest BCUT2D eigenvalue weighted by atomic mass is 16.6. The van der Waals surface area contributed by atoms with Crippen molar-refractivity contribution in [3.05, 3.63) is 131 Å². The molecule has 248 valence electrons. The molecule has 0 unspecified atom stereocenters. The quantitative estimate of drug-likeness (QED) is 0.162. The summed E-state index contributed by atoms with van der Waals surface area (Å²) < 4.78 is 12.3. The number of nitrogens with zero attached hydrogens (tertiary/aromatic N) is 1. The molecule has 0 aromatic heterocycles. The molecule has 0 radical (unpaired) electrons. The number of esters is 1. The molecule has 4 aromatic rings. The number of anilines is 1. The van der Waals surface area contributed by atoms with Crippen LogP contribution in [0.3, 0.4) is 0 Å². The molecule has 2 saturated heterocycles.